The summed E-state index contributed by atoms with van der Waals surface area (Å²) in [6.45, 7) is 0.224. The van der Waals surface area contributed by atoms with E-state index in [4.69, 9.17) is 5.73 Å². The number of aromatic nitrogens is 2. The molecule has 2 aromatic heterocycles. The number of nitrogens with zero attached hydrogens (tertiary/aromatic N) is 1. The third-order valence-corrected chi connectivity index (χ3v) is 5.93. The summed E-state index contributed by atoms with van der Waals surface area (Å²) in [5.41, 5.74) is 5.15. The maximum atomic E-state index is 15.5. The molecule has 1 aliphatic rings. The van der Waals surface area contributed by atoms with Crippen LogP contribution >= 0.6 is 0 Å². The molecule has 0 amide bonds. The van der Waals surface area contributed by atoms with E-state index in [9.17, 15) is 14.7 Å². The van der Waals surface area contributed by atoms with E-state index < -0.39 is 45.4 Å². The monoisotopic (exact) mass is 438 g/mol. The second-order valence-electron chi connectivity index (χ2n) is 7.99. The third kappa shape index (κ3) is 3.08. The van der Waals surface area contributed by atoms with Crippen LogP contribution in [0.5, 0.6) is 0 Å². The van der Waals surface area contributed by atoms with Crippen LogP contribution in [0.4, 0.5) is 20.2 Å². The van der Waals surface area contributed by atoms with Gasteiger partial charge in [-0.1, -0.05) is 18.2 Å². The van der Waals surface area contributed by atoms with Gasteiger partial charge in [-0.25, -0.2) is 13.6 Å². The highest BCUT2D eigenvalue weighted by Gasteiger charge is 2.31. The molecule has 0 unspecified atom stereocenters. The standard InChI is InChI=1S/C23H20F2N4O3/c24-17-19(26)16-21(29(12-5-6-12)10-14(22(16)30)23(31)32)18(25)20(17)27-8-7-11-9-28-15-4-2-1-3-13(11)15/h1-4,9-10,12,27-28H,5-8,26H2,(H,31,32). The van der Waals surface area contributed by atoms with Crippen molar-refractivity contribution in [2.24, 2.45) is 0 Å². The van der Waals surface area contributed by atoms with Gasteiger partial charge in [0.05, 0.1) is 16.6 Å². The Kier molecular flexibility index (Phi) is 4.61. The van der Waals surface area contributed by atoms with Gasteiger partial charge < -0.3 is 25.7 Å². The Balaban J connectivity index is 1.56. The number of nitrogens with one attached hydrogen (secondary N) is 2. The maximum absolute atomic E-state index is 15.5. The smallest absolute Gasteiger partial charge is 0.341 e. The number of nitrogens with two attached hydrogens (primary N) is 1. The van der Waals surface area contributed by atoms with E-state index in [1.165, 1.54) is 4.57 Å². The lowest BCUT2D eigenvalue weighted by molar-refractivity contribution is 0.0695. The summed E-state index contributed by atoms with van der Waals surface area (Å²) in [7, 11) is 0. The summed E-state index contributed by atoms with van der Waals surface area (Å²) in [5.74, 6) is -3.52. The Labute approximate surface area is 180 Å². The van der Waals surface area contributed by atoms with Crippen molar-refractivity contribution in [3.8, 4) is 0 Å². The van der Waals surface area contributed by atoms with Crippen LogP contribution in [0.3, 0.4) is 0 Å². The lowest BCUT2D eigenvalue weighted by atomic mass is 10.1. The molecule has 0 saturated heterocycles. The van der Waals surface area contributed by atoms with E-state index in [-0.39, 0.29) is 18.1 Å². The highest BCUT2D eigenvalue weighted by molar-refractivity contribution is 5.99. The number of para-hydroxylation sites is 1. The normalized spacial score (nSPS) is 13.7. The fourth-order valence-electron chi connectivity index (χ4n) is 4.17. The molecule has 1 saturated carbocycles. The molecule has 0 atom stereocenters. The van der Waals surface area contributed by atoms with Crippen LogP contribution in [-0.2, 0) is 6.42 Å². The molecule has 9 heteroatoms. The highest BCUT2D eigenvalue weighted by atomic mass is 19.1. The Morgan fingerprint density at radius 1 is 1.25 bits per heavy atom. The van der Waals surface area contributed by atoms with Gasteiger partial charge in [0.15, 0.2) is 11.6 Å². The van der Waals surface area contributed by atoms with Crippen molar-refractivity contribution < 1.29 is 18.7 Å². The zero-order valence-electron chi connectivity index (χ0n) is 16.9. The number of pyridine rings is 1. The number of benzene rings is 2. The summed E-state index contributed by atoms with van der Waals surface area (Å²) >= 11 is 0. The average Bonchev–Trinajstić information content (AvgIpc) is 3.54. The van der Waals surface area contributed by atoms with Crippen LogP contribution in [-0.4, -0.2) is 27.2 Å². The molecule has 5 rings (SSSR count). The lowest BCUT2D eigenvalue weighted by Gasteiger charge is -2.18. The highest BCUT2D eigenvalue weighted by Crippen LogP contribution is 2.40. The van der Waals surface area contributed by atoms with E-state index in [2.05, 4.69) is 10.3 Å². The number of hydrogen-bond donors (Lipinski definition) is 4. The zero-order valence-corrected chi connectivity index (χ0v) is 16.9. The fourth-order valence-corrected chi connectivity index (χ4v) is 4.17. The molecular formula is C23H20F2N4O3. The number of rotatable bonds is 6. The van der Waals surface area contributed by atoms with Gasteiger partial charge >= 0.3 is 5.97 Å². The summed E-state index contributed by atoms with van der Waals surface area (Å²) in [5, 5.41) is 12.7. The zero-order chi connectivity index (χ0) is 22.6. The van der Waals surface area contributed by atoms with Crippen LogP contribution < -0.4 is 16.5 Å². The number of fused-ring (bicyclic) bond motifs is 2. The van der Waals surface area contributed by atoms with Gasteiger partial charge in [0.25, 0.3) is 0 Å². The van der Waals surface area contributed by atoms with Crippen molar-refractivity contribution in [3.63, 3.8) is 0 Å². The molecule has 1 fully saturated rings. The van der Waals surface area contributed by atoms with Crippen molar-refractivity contribution in [1.29, 1.82) is 0 Å². The first-order chi connectivity index (χ1) is 15.4. The second kappa shape index (κ2) is 7.37. The number of nitrogen functional groups attached to an aromatic ring is 1. The minimum atomic E-state index is -1.47. The number of anilines is 2. The Morgan fingerprint density at radius 2 is 2.00 bits per heavy atom. The molecule has 7 nitrogen and oxygen atoms in total. The quantitative estimate of drug-likeness (QED) is 0.340. The molecule has 2 aromatic carbocycles. The van der Waals surface area contributed by atoms with Crippen LogP contribution in [0.1, 0.15) is 34.8 Å². The number of aromatic amines is 1. The molecule has 1 aliphatic carbocycles. The van der Waals surface area contributed by atoms with Crippen LogP contribution in [0.2, 0.25) is 0 Å². The second-order valence-corrected chi connectivity index (χ2v) is 7.99. The predicted octanol–water partition coefficient (Wildman–Crippen LogP) is 4.03. The van der Waals surface area contributed by atoms with E-state index >= 15 is 8.78 Å². The number of halogens is 2. The maximum Gasteiger partial charge on any atom is 0.341 e. The van der Waals surface area contributed by atoms with E-state index in [0.717, 1.165) is 22.7 Å². The Morgan fingerprint density at radius 3 is 2.72 bits per heavy atom. The molecule has 0 radical (unpaired) electrons. The lowest BCUT2D eigenvalue weighted by Crippen LogP contribution is -2.22. The fraction of sp³-hybridized carbons (Fsp3) is 0.217. The summed E-state index contributed by atoms with van der Waals surface area (Å²) < 4.78 is 32.0. The molecule has 2 heterocycles. The Bertz CT molecular complexity index is 1450. The summed E-state index contributed by atoms with van der Waals surface area (Å²) in [6, 6.07) is 7.58. The molecular weight excluding hydrogens is 418 g/mol. The first-order valence-electron chi connectivity index (χ1n) is 10.3. The van der Waals surface area contributed by atoms with Gasteiger partial charge in [-0.05, 0) is 30.9 Å². The topological polar surface area (TPSA) is 113 Å². The van der Waals surface area contributed by atoms with Crippen LogP contribution in [0, 0.1) is 11.6 Å². The molecule has 0 spiro atoms. The van der Waals surface area contributed by atoms with Crippen molar-refractivity contribution in [2.75, 3.05) is 17.6 Å². The molecule has 5 N–H and O–H groups in total. The number of H-pyrrole nitrogens is 1. The summed E-state index contributed by atoms with van der Waals surface area (Å²) in [6.07, 6.45) is 4.88. The first-order valence-corrected chi connectivity index (χ1v) is 10.3. The van der Waals surface area contributed by atoms with Crippen molar-refractivity contribution in [1.82, 2.24) is 9.55 Å². The van der Waals surface area contributed by atoms with E-state index in [1.54, 1.807) is 0 Å². The minimum absolute atomic E-state index is 0.158. The number of carboxylic acids is 1. The average molecular weight is 438 g/mol. The first kappa shape index (κ1) is 20.0. The minimum Gasteiger partial charge on any atom is -0.477 e. The van der Waals surface area contributed by atoms with Crippen LogP contribution in [0.15, 0.2) is 41.5 Å². The molecule has 164 valence electrons. The van der Waals surface area contributed by atoms with Crippen molar-refractivity contribution >= 4 is 39.1 Å². The SMILES string of the molecule is Nc1c(F)c(NCCc2c[nH]c3ccccc23)c(F)c2c1c(=O)c(C(=O)O)cn2C1CC1. The molecule has 32 heavy (non-hydrogen) atoms. The van der Waals surface area contributed by atoms with Gasteiger partial charge in [-0.15, -0.1) is 0 Å². The van der Waals surface area contributed by atoms with Gasteiger partial charge in [-0.2, -0.15) is 0 Å². The van der Waals surface area contributed by atoms with Gasteiger partial charge in [0, 0.05) is 35.9 Å². The number of aromatic carboxylic acids is 1. The van der Waals surface area contributed by atoms with E-state index in [0.29, 0.717) is 19.3 Å². The van der Waals surface area contributed by atoms with Gasteiger partial charge in [-0.3, -0.25) is 4.79 Å². The van der Waals surface area contributed by atoms with Crippen molar-refractivity contribution in [3.05, 3.63) is 69.6 Å². The summed E-state index contributed by atoms with van der Waals surface area (Å²) in [4.78, 5) is 27.3. The van der Waals surface area contributed by atoms with Crippen LogP contribution in [0.25, 0.3) is 21.8 Å². The van der Waals surface area contributed by atoms with Gasteiger partial charge in [0.1, 0.15) is 11.3 Å². The molecule has 0 aliphatic heterocycles. The van der Waals surface area contributed by atoms with E-state index in [1.807, 2.05) is 30.5 Å². The molecule has 0 bridgehead atoms. The molecule has 4 aromatic rings. The van der Waals surface area contributed by atoms with Crippen molar-refractivity contribution in [2.45, 2.75) is 25.3 Å². The largest absolute Gasteiger partial charge is 0.477 e. The number of hydrogen-bond acceptors (Lipinski definition) is 4. The van der Waals surface area contributed by atoms with Gasteiger partial charge in [0.2, 0.25) is 5.43 Å². The number of carboxylic acid groups (broad SMARTS) is 1. The Hall–Kier alpha value is -3.88. The number of carbonyl (C=O) groups is 1. The third-order valence-electron chi connectivity index (χ3n) is 5.93. The predicted molar refractivity (Wildman–Crippen MR) is 118 cm³/mol.